The summed E-state index contributed by atoms with van der Waals surface area (Å²) < 4.78 is 18.4. The number of amides is 1. The highest BCUT2D eigenvalue weighted by atomic mass is 79.9. The van der Waals surface area contributed by atoms with Crippen molar-refractivity contribution in [3.05, 3.63) is 50.9 Å². The third-order valence-electron chi connectivity index (χ3n) is 4.48. The number of hydrogen-bond donors (Lipinski definition) is 1. The zero-order valence-corrected chi connectivity index (χ0v) is 18.9. The number of oxazole rings is 1. The molecule has 0 atom stereocenters. The summed E-state index contributed by atoms with van der Waals surface area (Å²) in [4.78, 5) is 27.0. The highest BCUT2D eigenvalue weighted by Gasteiger charge is 2.17. The van der Waals surface area contributed by atoms with E-state index in [2.05, 4.69) is 21.2 Å². The van der Waals surface area contributed by atoms with Crippen LogP contribution in [0, 0.1) is 0 Å². The van der Waals surface area contributed by atoms with Gasteiger partial charge in [-0.25, -0.2) is 4.79 Å². The topological polar surface area (TPSA) is 85.9 Å². The lowest BCUT2D eigenvalue weighted by atomic mass is 10.1. The molecule has 0 aliphatic heterocycles. The molecular formula is C21H24BrN3O5. The SMILES string of the molecule is CCOc1c(Br)cc(C(=O)Nc2ccc3oc(=O)n(CCN(C)C)c3c2)cc1OC. The minimum Gasteiger partial charge on any atom is -0.493 e. The molecule has 160 valence electrons. The van der Waals surface area contributed by atoms with Crippen molar-refractivity contribution in [1.29, 1.82) is 0 Å². The van der Waals surface area contributed by atoms with Crippen LogP contribution in [0.1, 0.15) is 17.3 Å². The summed E-state index contributed by atoms with van der Waals surface area (Å²) in [5, 5.41) is 2.86. The van der Waals surface area contributed by atoms with Crippen molar-refractivity contribution >= 4 is 38.6 Å². The van der Waals surface area contributed by atoms with Gasteiger partial charge in [0.05, 0.1) is 23.7 Å². The maximum Gasteiger partial charge on any atom is 0.419 e. The summed E-state index contributed by atoms with van der Waals surface area (Å²) in [5.41, 5.74) is 2.06. The van der Waals surface area contributed by atoms with E-state index in [4.69, 9.17) is 13.9 Å². The Balaban J connectivity index is 1.89. The fourth-order valence-electron chi connectivity index (χ4n) is 2.99. The molecule has 1 heterocycles. The van der Waals surface area contributed by atoms with E-state index in [1.54, 1.807) is 34.9 Å². The van der Waals surface area contributed by atoms with Crippen molar-refractivity contribution in [2.24, 2.45) is 0 Å². The predicted molar refractivity (Wildman–Crippen MR) is 119 cm³/mol. The lowest BCUT2D eigenvalue weighted by Crippen LogP contribution is -2.23. The van der Waals surface area contributed by atoms with E-state index in [0.29, 0.717) is 58.0 Å². The monoisotopic (exact) mass is 477 g/mol. The number of carbonyl (C=O) groups excluding carboxylic acids is 1. The van der Waals surface area contributed by atoms with Crippen molar-refractivity contribution in [1.82, 2.24) is 9.47 Å². The van der Waals surface area contributed by atoms with Crippen LogP contribution in [-0.4, -0.2) is 49.7 Å². The van der Waals surface area contributed by atoms with Crippen LogP contribution in [0.25, 0.3) is 11.1 Å². The normalized spacial score (nSPS) is 11.1. The lowest BCUT2D eigenvalue weighted by molar-refractivity contribution is 0.102. The maximum absolute atomic E-state index is 12.8. The van der Waals surface area contributed by atoms with Crippen molar-refractivity contribution < 1.29 is 18.7 Å². The van der Waals surface area contributed by atoms with E-state index in [1.165, 1.54) is 7.11 Å². The number of likely N-dealkylation sites (N-methyl/N-ethyl adjacent to an activating group) is 1. The molecule has 0 spiro atoms. The van der Waals surface area contributed by atoms with Crippen molar-refractivity contribution in [2.75, 3.05) is 39.7 Å². The Morgan fingerprint density at radius 2 is 2.03 bits per heavy atom. The van der Waals surface area contributed by atoms with Crippen LogP contribution < -0.4 is 20.5 Å². The first-order valence-corrected chi connectivity index (χ1v) is 10.2. The minimum atomic E-state index is -0.421. The number of carbonyl (C=O) groups is 1. The second-order valence-corrected chi connectivity index (χ2v) is 7.74. The van der Waals surface area contributed by atoms with Gasteiger partial charge in [0.25, 0.3) is 5.91 Å². The molecule has 30 heavy (non-hydrogen) atoms. The Bertz CT molecular complexity index is 1120. The molecule has 0 unspecified atom stereocenters. The third kappa shape index (κ3) is 4.68. The number of benzene rings is 2. The number of anilines is 1. The summed E-state index contributed by atoms with van der Waals surface area (Å²) in [6.45, 7) is 3.52. The Kier molecular flexibility index (Phi) is 6.84. The van der Waals surface area contributed by atoms with E-state index in [0.717, 1.165) is 0 Å². The van der Waals surface area contributed by atoms with Crippen molar-refractivity contribution in [2.45, 2.75) is 13.5 Å². The Hall–Kier alpha value is -2.78. The summed E-state index contributed by atoms with van der Waals surface area (Å²) in [6.07, 6.45) is 0. The first kappa shape index (κ1) is 21.9. The standard InChI is InChI=1S/C21H24BrN3O5/c1-5-29-19-15(22)10-13(11-18(19)28-4)20(26)23-14-6-7-17-16(12-14)25(21(27)30-17)9-8-24(2)3/h6-7,10-12H,5,8-9H2,1-4H3,(H,23,26). The summed E-state index contributed by atoms with van der Waals surface area (Å²) in [5.74, 6) is 0.262. The number of fused-ring (bicyclic) bond motifs is 1. The van der Waals surface area contributed by atoms with Crippen LogP contribution in [0.5, 0.6) is 11.5 Å². The van der Waals surface area contributed by atoms with Gasteiger partial charge < -0.3 is 24.1 Å². The number of methoxy groups -OCH3 is 1. The molecule has 0 saturated carbocycles. The van der Waals surface area contributed by atoms with Gasteiger partial charge in [0.2, 0.25) is 0 Å². The van der Waals surface area contributed by atoms with Crippen LogP contribution in [-0.2, 0) is 6.54 Å². The van der Waals surface area contributed by atoms with Gasteiger partial charge in [-0.2, -0.15) is 0 Å². The van der Waals surface area contributed by atoms with Gasteiger partial charge in [0, 0.05) is 24.3 Å². The number of nitrogens with zero attached hydrogens (tertiary/aromatic N) is 2. The third-order valence-corrected chi connectivity index (χ3v) is 5.07. The smallest absolute Gasteiger partial charge is 0.419 e. The van der Waals surface area contributed by atoms with E-state index >= 15 is 0 Å². The Morgan fingerprint density at radius 1 is 1.27 bits per heavy atom. The average Bonchev–Trinajstić information content (AvgIpc) is 3.02. The average molecular weight is 478 g/mol. The molecule has 1 N–H and O–H groups in total. The van der Waals surface area contributed by atoms with E-state index in [1.807, 2.05) is 25.9 Å². The summed E-state index contributed by atoms with van der Waals surface area (Å²) in [7, 11) is 5.39. The van der Waals surface area contributed by atoms with Gasteiger partial charge in [-0.05, 0) is 67.3 Å². The number of rotatable bonds is 8. The molecule has 0 aliphatic rings. The summed E-state index contributed by atoms with van der Waals surface area (Å²) >= 11 is 3.43. The fraction of sp³-hybridized carbons (Fsp3) is 0.333. The highest BCUT2D eigenvalue weighted by molar-refractivity contribution is 9.10. The second-order valence-electron chi connectivity index (χ2n) is 6.88. The maximum atomic E-state index is 12.8. The van der Waals surface area contributed by atoms with E-state index in [-0.39, 0.29) is 5.91 Å². The molecule has 9 heteroatoms. The molecule has 3 aromatic rings. The van der Waals surface area contributed by atoms with Crippen LogP contribution in [0.15, 0.2) is 44.0 Å². The van der Waals surface area contributed by atoms with E-state index in [9.17, 15) is 9.59 Å². The number of ether oxygens (including phenoxy) is 2. The zero-order chi connectivity index (χ0) is 21.8. The fourth-order valence-corrected chi connectivity index (χ4v) is 3.55. The van der Waals surface area contributed by atoms with Gasteiger partial charge in [-0.1, -0.05) is 0 Å². The zero-order valence-electron chi connectivity index (χ0n) is 17.3. The molecular weight excluding hydrogens is 454 g/mol. The summed E-state index contributed by atoms with van der Waals surface area (Å²) in [6, 6.07) is 8.39. The molecule has 3 rings (SSSR count). The molecule has 0 aliphatic carbocycles. The van der Waals surface area contributed by atoms with Gasteiger partial charge in [0.15, 0.2) is 17.1 Å². The molecule has 1 aromatic heterocycles. The first-order valence-electron chi connectivity index (χ1n) is 9.43. The van der Waals surface area contributed by atoms with E-state index < -0.39 is 5.76 Å². The molecule has 0 fully saturated rings. The minimum absolute atomic E-state index is 0.318. The molecule has 0 bridgehead atoms. The number of halogens is 1. The van der Waals surface area contributed by atoms with Crippen LogP contribution in [0.4, 0.5) is 5.69 Å². The van der Waals surface area contributed by atoms with Crippen molar-refractivity contribution in [3.63, 3.8) is 0 Å². The molecule has 8 nitrogen and oxygen atoms in total. The molecule has 2 aromatic carbocycles. The van der Waals surface area contributed by atoms with Crippen molar-refractivity contribution in [3.8, 4) is 11.5 Å². The van der Waals surface area contributed by atoms with Crippen LogP contribution in [0.3, 0.4) is 0 Å². The van der Waals surface area contributed by atoms with Gasteiger partial charge >= 0.3 is 5.76 Å². The Morgan fingerprint density at radius 3 is 2.70 bits per heavy atom. The number of hydrogen-bond acceptors (Lipinski definition) is 6. The quantitative estimate of drug-likeness (QED) is 0.533. The van der Waals surface area contributed by atoms with Crippen LogP contribution >= 0.6 is 15.9 Å². The highest BCUT2D eigenvalue weighted by Crippen LogP contribution is 2.36. The Labute approximate surface area is 182 Å². The van der Waals surface area contributed by atoms with Gasteiger partial charge in [-0.3, -0.25) is 9.36 Å². The largest absolute Gasteiger partial charge is 0.493 e. The molecule has 1 amide bonds. The second kappa shape index (κ2) is 9.36. The van der Waals surface area contributed by atoms with Crippen LogP contribution in [0.2, 0.25) is 0 Å². The number of aromatic nitrogens is 1. The van der Waals surface area contributed by atoms with Gasteiger partial charge in [-0.15, -0.1) is 0 Å². The van der Waals surface area contributed by atoms with Gasteiger partial charge in [0.1, 0.15) is 0 Å². The number of nitrogens with one attached hydrogen (secondary N) is 1. The molecule has 0 radical (unpaired) electrons. The lowest BCUT2D eigenvalue weighted by Gasteiger charge is -2.13. The molecule has 0 saturated heterocycles. The first-order chi connectivity index (χ1) is 14.3. The predicted octanol–water partition coefficient (Wildman–Crippen LogP) is 3.58.